The van der Waals surface area contributed by atoms with Crippen LogP contribution < -0.4 is 0 Å². The molecule has 1 fully saturated rings. The van der Waals surface area contributed by atoms with Crippen LogP contribution in [0.4, 0.5) is 0 Å². The minimum atomic E-state index is -0.509. The van der Waals surface area contributed by atoms with E-state index in [1.54, 1.807) is 0 Å². The smallest absolute Gasteiger partial charge is 0.0807 e. The van der Waals surface area contributed by atoms with Crippen molar-refractivity contribution in [3.8, 4) is 0 Å². The molecule has 1 heterocycles. The molecule has 1 rings (SSSR count). The van der Waals surface area contributed by atoms with Crippen LogP contribution in [0.1, 0.15) is 26.7 Å². The first-order valence-corrected chi connectivity index (χ1v) is 4.15. The minimum absolute atomic E-state index is 0. The van der Waals surface area contributed by atoms with Crippen LogP contribution in [0, 0.1) is 0 Å². The normalized spacial score (nSPS) is 19.8. The van der Waals surface area contributed by atoms with Crippen LogP contribution in [0.5, 0.6) is 0 Å². The van der Waals surface area contributed by atoms with Gasteiger partial charge >= 0.3 is 0 Å². The van der Waals surface area contributed by atoms with Crippen LogP contribution in [0.3, 0.4) is 0 Å². The van der Waals surface area contributed by atoms with Crippen molar-refractivity contribution in [1.82, 2.24) is 0 Å². The van der Waals surface area contributed by atoms with Crippen molar-refractivity contribution in [3.63, 3.8) is 0 Å². The van der Waals surface area contributed by atoms with Crippen LogP contribution >= 0.6 is 0 Å². The van der Waals surface area contributed by atoms with Crippen molar-refractivity contribution < 1.29 is 80.4 Å². The molecule has 2 atom stereocenters. The summed E-state index contributed by atoms with van der Waals surface area (Å²) in [6.45, 7) is 4.85. The predicted molar refractivity (Wildman–Crippen MR) is 43.4 cm³/mol. The molecule has 0 aromatic heterocycles. The zero-order valence-electron chi connectivity index (χ0n) is 8.44. The van der Waals surface area contributed by atoms with Gasteiger partial charge in [0.1, 0.15) is 0 Å². The molecule has 2 N–H and O–H groups in total. The fourth-order valence-electron chi connectivity index (χ4n) is 0.433. The van der Waals surface area contributed by atoms with E-state index in [2.05, 4.69) is 6.92 Å². The largest absolute Gasteiger partial charge is 0.394 e. The molecule has 74 valence electrons. The van der Waals surface area contributed by atoms with Crippen LogP contribution in [0.25, 0.3) is 0 Å². The summed E-state index contributed by atoms with van der Waals surface area (Å²) in [6.07, 6.45) is 1.95. The molecule has 0 spiro atoms. The predicted octanol–water partition coefficient (Wildman–Crippen LogP) is 0.540. The average molecular weight is 340 g/mol. The Morgan fingerprint density at radius 3 is 1.85 bits per heavy atom. The molecule has 0 amide bonds. The number of aliphatic hydroxyl groups excluding tert-OH is 2. The number of rotatable bonds is 3. The van der Waals surface area contributed by atoms with Crippen molar-refractivity contribution in [2.75, 3.05) is 13.2 Å². The first kappa shape index (κ1) is 20.5. The molecule has 0 aromatic rings. The molecule has 0 aromatic carbocycles. The van der Waals surface area contributed by atoms with Crippen LogP contribution in [-0.4, -0.2) is 35.6 Å². The monoisotopic (exact) mass is 340 g/mol. The number of hydrogen-bond donors (Lipinski definition) is 2. The summed E-state index contributed by atoms with van der Waals surface area (Å²) < 4.78 is 4.86. The summed E-state index contributed by atoms with van der Waals surface area (Å²) in [7, 11) is 0. The van der Waals surface area contributed by atoms with E-state index in [1.807, 2.05) is 6.92 Å². The van der Waals surface area contributed by atoms with Gasteiger partial charge in [-0.15, -0.1) is 0 Å². The van der Waals surface area contributed by atoms with Gasteiger partial charge in [0.05, 0.1) is 25.4 Å². The molecule has 0 bridgehead atoms. The molecular weight excluding hydrogens is 322 g/mol. The topological polar surface area (TPSA) is 53.0 Å². The Hall–Kier alpha value is 2.09. The fraction of sp³-hybridized carbons (Fsp3) is 1.00. The number of epoxide rings is 1. The van der Waals surface area contributed by atoms with Crippen molar-refractivity contribution in [3.05, 3.63) is 0 Å². The molecule has 3 nitrogen and oxygen atoms in total. The maximum Gasteiger partial charge on any atom is 0.0807 e. The first-order valence-electron chi connectivity index (χ1n) is 4.15. The van der Waals surface area contributed by atoms with Gasteiger partial charge in [0, 0.05) is 65.4 Å². The summed E-state index contributed by atoms with van der Waals surface area (Å²) in [5, 5.41) is 16.5. The minimum Gasteiger partial charge on any atom is -0.394 e. The second-order valence-corrected chi connectivity index (χ2v) is 2.61. The molecule has 1 saturated heterocycles. The van der Waals surface area contributed by atoms with Gasteiger partial charge in [-0.25, -0.2) is 0 Å². The Labute approximate surface area is 131 Å². The first-order chi connectivity index (χ1) is 5.24. The van der Waals surface area contributed by atoms with Crippen molar-refractivity contribution >= 4 is 0 Å². The number of aliphatic hydroxyl groups is 2. The zero-order valence-corrected chi connectivity index (χ0v) is 14.1. The SMILES string of the molecule is CCC(O)CO.CCC1CO1.[Y].[Y]. The van der Waals surface area contributed by atoms with E-state index in [1.165, 1.54) is 6.42 Å². The third-order valence-corrected chi connectivity index (χ3v) is 1.54. The van der Waals surface area contributed by atoms with Gasteiger partial charge in [-0.2, -0.15) is 0 Å². The molecule has 0 aliphatic carbocycles. The molecule has 2 radical (unpaired) electrons. The Morgan fingerprint density at radius 2 is 1.85 bits per heavy atom. The van der Waals surface area contributed by atoms with Gasteiger partial charge in [-0.3, -0.25) is 0 Å². The number of ether oxygens (including phenoxy) is 1. The molecular formula is C8H18O3Y2. The Morgan fingerprint density at radius 1 is 1.38 bits per heavy atom. The van der Waals surface area contributed by atoms with E-state index >= 15 is 0 Å². The van der Waals surface area contributed by atoms with E-state index in [9.17, 15) is 0 Å². The van der Waals surface area contributed by atoms with Gasteiger partial charge in [0.15, 0.2) is 0 Å². The van der Waals surface area contributed by atoms with E-state index in [4.69, 9.17) is 14.9 Å². The molecule has 0 saturated carbocycles. The Bertz CT molecular complexity index is 85.5. The van der Waals surface area contributed by atoms with E-state index in [-0.39, 0.29) is 72.0 Å². The van der Waals surface area contributed by atoms with E-state index in [0.29, 0.717) is 12.5 Å². The van der Waals surface area contributed by atoms with Crippen LogP contribution in [0.2, 0.25) is 0 Å². The van der Waals surface area contributed by atoms with E-state index < -0.39 is 6.10 Å². The summed E-state index contributed by atoms with van der Waals surface area (Å²) in [5.74, 6) is 0. The molecule has 1 aliphatic heterocycles. The Balaban J connectivity index is -0.000000134. The standard InChI is InChI=1S/C4H10O2.C4H8O.2Y/c1-2-4(6)3-5;1-2-4-3-5-4;;/h4-6H,2-3H2,1H3;4H,2-3H2,1H3;;. The molecule has 5 heteroatoms. The third kappa shape index (κ3) is 16.7. The fourth-order valence-corrected chi connectivity index (χ4v) is 0.433. The van der Waals surface area contributed by atoms with Gasteiger partial charge in [0.2, 0.25) is 0 Å². The third-order valence-electron chi connectivity index (χ3n) is 1.54. The van der Waals surface area contributed by atoms with E-state index in [0.717, 1.165) is 6.61 Å². The number of hydrogen-bond acceptors (Lipinski definition) is 3. The van der Waals surface area contributed by atoms with Crippen molar-refractivity contribution in [1.29, 1.82) is 0 Å². The summed E-state index contributed by atoms with van der Waals surface area (Å²) in [5.41, 5.74) is 0. The van der Waals surface area contributed by atoms with Gasteiger partial charge in [-0.1, -0.05) is 13.8 Å². The summed E-state index contributed by atoms with van der Waals surface area (Å²) in [6, 6.07) is 0. The molecule has 2 unspecified atom stereocenters. The second kappa shape index (κ2) is 14.1. The van der Waals surface area contributed by atoms with Gasteiger partial charge in [0.25, 0.3) is 0 Å². The molecule has 13 heavy (non-hydrogen) atoms. The summed E-state index contributed by atoms with van der Waals surface area (Å²) >= 11 is 0. The van der Waals surface area contributed by atoms with Gasteiger partial charge < -0.3 is 14.9 Å². The average Bonchev–Trinajstić information content (AvgIpc) is 2.86. The van der Waals surface area contributed by atoms with Crippen molar-refractivity contribution in [2.24, 2.45) is 0 Å². The zero-order chi connectivity index (χ0) is 8.69. The quantitative estimate of drug-likeness (QED) is 0.738. The molecule has 1 aliphatic rings. The van der Waals surface area contributed by atoms with Crippen LogP contribution in [-0.2, 0) is 70.2 Å². The van der Waals surface area contributed by atoms with Gasteiger partial charge in [-0.05, 0) is 12.8 Å². The van der Waals surface area contributed by atoms with Crippen LogP contribution in [0.15, 0.2) is 0 Å². The maximum atomic E-state index is 8.42. The summed E-state index contributed by atoms with van der Waals surface area (Å²) in [4.78, 5) is 0. The van der Waals surface area contributed by atoms with Crippen molar-refractivity contribution in [2.45, 2.75) is 38.9 Å². The Kier molecular flexibility index (Phi) is 22.2. The second-order valence-electron chi connectivity index (χ2n) is 2.61. The maximum absolute atomic E-state index is 8.42.